The zero-order valence-corrected chi connectivity index (χ0v) is 13.4. The summed E-state index contributed by atoms with van der Waals surface area (Å²) < 4.78 is 14.7. The van der Waals surface area contributed by atoms with Crippen molar-refractivity contribution in [2.75, 3.05) is 18.5 Å². The Hall–Kier alpha value is -0.680. The summed E-state index contributed by atoms with van der Waals surface area (Å²) in [5.41, 5.74) is 6.71. The summed E-state index contributed by atoms with van der Waals surface area (Å²) >= 11 is 8.14. The topological polar surface area (TPSA) is 29.3 Å². The van der Waals surface area contributed by atoms with Gasteiger partial charge < -0.3 is 10.6 Å². The van der Waals surface area contributed by atoms with Crippen LogP contribution in [0, 0.1) is 11.7 Å². The lowest BCUT2D eigenvalue weighted by atomic mass is 10.1. The van der Waals surface area contributed by atoms with Crippen molar-refractivity contribution in [1.29, 1.82) is 0 Å². The average Bonchev–Trinajstić information content (AvgIpc) is 2.84. The fraction of sp³-hybridized carbons (Fsp3) is 0.500. The third kappa shape index (κ3) is 3.26. The van der Waals surface area contributed by atoms with Crippen molar-refractivity contribution in [3.63, 3.8) is 0 Å². The van der Waals surface area contributed by atoms with E-state index in [-0.39, 0.29) is 10.8 Å². The number of hydrogen-bond donors (Lipinski definition) is 1. The molecule has 1 aromatic carbocycles. The molecule has 104 valence electrons. The van der Waals surface area contributed by atoms with Gasteiger partial charge in [0.2, 0.25) is 0 Å². The van der Waals surface area contributed by atoms with E-state index in [0.717, 1.165) is 6.54 Å². The van der Waals surface area contributed by atoms with Gasteiger partial charge in [-0.2, -0.15) is 0 Å². The Morgan fingerprint density at radius 2 is 2.11 bits per heavy atom. The van der Waals surface area contributed by atoms with Gasteiger partial charge in [-0.05, 0) is 46.8 Å². The van der Waals surface area contributed by atoms with Crippen molar-refractivity contribution in [1.82, 2.24) is 0 Å². The van der Waals surface area contributed by atoms with Gasteiger partial charge >= 0.3 is 0 Å². The number of anilines is 1. The first-order valence-corrected chi connectivity index (χ1v) is 7.69. The maximum Gasteiger partial charge on any atom is 0.161 e. The van der Waals surface area contributed by atoms with Crippen LogP contribution in [0.1, 0.15) is 31.2 Å². The predicted octanol–water partition coefficient (Wildman–Crippen LogP) is 3.85. The molecule has 19 heavy (non-hydrogen) atoms. The van der Waals surface area contributed by atoms with Crippen LogP contribution in [-0.2, 0) is 0 Å². The lowest BCUT2D eigenvalue weighted by molar-refractivity contribution is 0.538. The Morgan fingerprint density at radius 1 is 1.47 bits per heavy atom. The Morgan fingerprint density at radius 3 is 2.68 bits per heavy atom. The van der Waals surface area contributed by atoms with Gasteiger partial charge in [-0.1, -0.05) is 25.1 Å². The fourth-order valence-electron chi connectivity index (χ4n) is 2.70. The van der Waals surface area contributed by atoms with E-state index in [1.54, 1.807) is 12.1 Å². The molecule has 2 nitrogen and oxygen atoms in total. The molecule has 0 aliphatic heterocycles. The van der Waals surface area contributed by atoms with Crippen LogP contribution in [0.3, 0.4) is 0 Å². The number of nitrogens with two attached hydrogens (primary N) is 1. The van der Waals surface area contributed by atoms with Gasteiger partial charge in [0.25, 0.3) is 0 Å². The Balaban J connectivity index is 2.19. The van der Waals surface area contributed by atoms with Crippen LogP contribution in [0.5, 0.6) is 0 Å². The predicted molar refractivity (Wildman–Crippen MR) is 85.2 cm³/mol. The second-order valence-corrected chi connectivity index (χ2v) is 6.39. The standard InChI is InChI=1S/C14H18BrFN2S/c1-18(8-9-4-2-3-5-9)11-7-6-10(14(17)19)12(15)13(11)16/h6-7,9H,2-5,8H2,1H3,(H2,17,19). The minimum absolute atomic E-state index is 0.204. The van der Waals surface area contributed by atoms with Crippen LogP contribution in [0.2, 0.25) is 0 Å². The van der Waals surface area contributed by atoms with Crippen molar-refractivity contribution >= 4 is 38.8 Å². The van der Waals surface area contributed by atoms with Crippen LogP contribution >= 0.6 is 28.1 Å². The fourth-order valence-corrected chi connectivity index (χ4v) is 3.55. The summed E-state index contributed by atoms with van der Waals surface area (Å²) in [4.78, 5) is 2.19. The van der Waals surface area contributed by atoms with Gasteiger partial charge in [0.15, 0.2) is 5.82 Å². The van der Waals surface area contributed by atoms with Gasteiger partial charge in [0, 0.05) is 19.2 Å². The number of halogens is 2. The molecular weight excluding hydrogens is 327 g/mol. The second kappa shape index (κ2) is 6.18. The number of benzene rings is 1. The molecule has 5 heteroatoms. The number of nitrogens with zero attached hydrogens (tertiary/aromatic N) is 1. The molecule has 2 N–H and O–H groups in total. The first-order chi connectivity index (χ1) is 9.00. The van der Waals surface area contributed by atoms with Crippen molar-refractivity contribution in [3.8, 4) is 0 Å². The van der Waals surface area contributed by atoms with E-state index in [4.69, 9.17) is 18.0 Å². The van der Waals surface area contributed by atoms with Crippen LogP contribution in [0.25, 0.3) is 0 Å². The third-order valence-corrected chi connectivity index (χ3v) is 4.74. The summed E-state index contributed by atoms with van der Waals surface area (Å²) in [6.45, 7) is 0.899. The molecule has 1 aliphatic carbocycles. The highest BCUT2D eigenvalue weighted by Crippen LogP contribution is 2.31. The van der Waals surface area contributed by atoms with E-state index in [1.807, 2.05) is 11.9 Å². The molecule has 1 aromatic rings. The Kier molecular flexibility index (Phi) is 4.79. The molecule has 0 atom stereocenters. The summed E-state index contributed by atoms with van der Waals surface area (Å²) in [6, 6.07) is 3.53. The zero-order valence-electron chi connectivity index (χ0n) is 11.0. The van der Waals surface area contributed by atoms with E-state index < -0.39 is 0 Å². The van der Waals surface area contributed by atoms with Crippen molar-refractivity contribution in [3.05, 3.63) is 28.0 Å². The minimum atomic E-state index is -0.286. The van der Waals surface area contributed by atoms with E-state index in [2.05, 4.69) is 15.9 Å². The minimum Gasteiger partial charge on any atom is -0.389 e. The zero-order chi connectivity index (χ0) is 14.0. The number of hydrogen-bond acceptors (Lipinski definition) is 2. The molecule has 0 bridgehead atoms. The highest BCUT2D eigenvalue weighted by atomic mass is 79.9. The molecule has 0 unspecified atom stereocenters. The van der Waals surface area contributed by atoms with Crippen LogP contribution < -0.4 is 10.6 Å². The summed E-state index contributed by atoms with van der Waals surface area (Å²) in [7, 11) is 1.93. The first-order valence-electron chi connectivity index (χ1n) is 6.49. The SMILES string of the molecule is CN(CC1CCCC1)c1ccc(C(N)=S)c(Br)c1F. The first kappa shape index (κ1) is 14.7. The van der Waals surface area contributed by atoms with Crippen molar-refractivity contribution in [2.24, 2.45) is 11.7 Å². The quantitative estimate of drug-likeness (QED) is 0.841. The molecular formula is C14H18BrFN2S. The van der Waals surface area contributed by atoms with E-state index in [1.165, 1.54) is 25.7 Å². The smallest absolute Gasteiger partial charge is 0.161 e. The normalized spacial score (nSPS) is 15.7. The van der Waals surface area contributed by atoms with Crippen LogP contribution in [-0.4, -0.2) is 18.6 Å². The lowest BCUT2D eigenvalue weighted by Crippen LogP contribution is -2.25. The average molecular weight is 345 g/mol. The number of rotatable bonds is 4. The Bertz CT molecular complexity index is 487. The molecule has 0 aromatic heterocycles. The maximum atomic E-state index is 14.3. The van der Waals surface area contributed by atoms with Crippen molar-refractivity contribution in [2.45, 2.75) is 25.7 Å². The highest BCUT2D eigenvalue weighted by Gasteiger charge is 2.20. The Labute approximate surface area is 127 Å². The van der Waals surface area contributed by atoms with Crippen LogP contribution in [0.4, 0.5) is 10.1 Å². The largest absolute Gasteiger partial charge is 0.389 e. The van der Waals surface area contributed by atoms with Gasteiger partial charge in [-0.25, -0.2) is 4.39 Å². The van der Waals surface area contributed by atoms with E-state index in [9.17, 15) is 4.39 Å². The summed E-state index contributed by atoms with van der Waals surface area (Å²) in [5.74, 6) is 0.393. The molecule has 0 spiro atoms. The molecule has 1 saturated carbocycles. The lowest BCUT2D eigenvalue weighted by Gasteiger charge is -2.24. The molecule has 0 radical (unpaired) electrons. The molecule has 1 aliphatic rings. The second-order valence-electron chi connectivity index (χ2n) is 5.16. The monoisotopic (exact) mass is 344 g/mol. The van der Waals surface area contributed by atoms with Gasteiger partial charge in [0.05, 0.1) is 10.2 Å². The van der Waals surface area contributed by atoms with E-state index in [0.29, 0.717) is 21.6 Å². The molecule has 2 rings (SSSR count). The van der Waals surface area contributed by atoms with Gasteiger partial charge in [-0.15, -0.1) is 0 Å². The van der Waals surface area contributed by atoms with E-state index >= 15 is 0 Å². The highest BCUT2D eigenvalue weighted by molar-refractivity contribution is 9.10. The summed E-state index contributed by atoms with van der Waals surface area (Å²) in [5, 5.41) is 0. The molecule has 0 amide bonds. The number of thiocarbonyl (C=S) groups is 1. The molecule has 0 heterocycles. The van der Waals surface area contributed by atoms with Gasteiger partial charge in [-0.3, -0.25) is 0 Å². The molecule has 1 fully saturated rings. The van der Waals surface area contributed by atoms with Crippen molar-refractivity contribution < 1.29 is 4.39 Å². The maximum absolute atomic E-state index is 14.3. The van der Waals surface area contributed by atoms with Crippen LogP contribution in [0.15, 0.2) is 16.6 Å². The van der Waals surface area contributed by atoms with Gasteiger partial charge in [0.1, 0.15) is 4.99 Å². The molecule has 0 saturated heterocycles. The summed E-state index contributed by atoms with van der Waals surface area (Å²) in [6.07, 6.45) is 5.09. The third-order valence-electron chi connectivity index (χ3n) is 3.75.